The Hall–Kier alpha value is -3.84. The van der Waals surface area contributed by atoms with Crippen LogP contribution >= 0.6 is 0 Å². The molecule has 2 aliphatic carbocycles. The number of Topliss-reactive ketones (excluding diaryl/α,β-unsaturated/α-hetero) is 4. The van der Waals surface area contributed by atoms with E-state index in [4.69, 9.17) is 0 Å². The number of hydrogen-bond acceptors (Lipinski definition) is 7. The summed E-state index contributed by atoms with van der Waals surface area (Å²) in [6, 6.07) is 13.9. The van der Waals surface area contributed by atoms with Gasteiger partial charge in [-0.1, -0.05) is 48.5 Å². The third-order valence-electron chi connectivity index (χ3n) is 7.10. The fourth-order valence-electron chi connectivity index (χ4n) is 5.11. The van der Waals surface area contributed by atoms with Gasteiger partial charge in [0.1, 0.15) is 0 Å². The molecule has 178 valence electrons. The van der Waals surface area contributed by atoms with E-state index in [1.165, 1.54) is 0 Å². The molecular formula is C28H27N3O4. The quantitative estimate of drug-likeness (QED) is 0.721. The molecule has 2 aromatic rings. The van der Waals surface area contributed by atoms with Crippen LogP contribution < -0.4 is 5.32 Å². The van der Waals surface area contributed by atoms with Gasteiger partial charge in [0.25, 0.3) is 0 Å². The van der Waals surface area contributed by atoms with Gasteiger partial charge in [-0.25, -0.2) is 0 Å². The minimum Gasteiger partial charge on any atom is -0.380 e. The molecule has 1 fully saturated rings. The lowest BCUT2D eigenvalue weighted by Gasteiger charge is -2.38. The number of fused-ring (bicyclic) bond motifs is 2. The third kappa shape index (κ3) is 3.91. The summed E-state index contributed by atoms with van der Waals surface area (Å²) in [6.07, 6.45) is 0. The Morgan fingerprint density at radius 1 is 0.657 bits per heavy atom. The van der Waals surface area contributed by atoms with Gasteiger partial charge < -0.3 is 10.2 Å². The van der Waals surface area contributed by atoms with Gasteiger partial charge in [-0.3, -0.25) is 24.1 Å². The second kappa shape index (κ2) is 9.07. The van der Waals surface area contributed by atoms with Crippen molar-refractivity contribution in [3.8, 4) is 0 Å². The van der Waals surface area contributed by atoms with E-state index < -0.39 is 0 Å². The van der Waals surface area contributed by atoms with Crippen LogP contribution in [0.5, 0.6) is 0 Å². The smallest absolute Gasteiger partial charge is 0.210 e. The molecular weight excluding hydrogens is 442 g/mol. The average molecular weight is 470 g/mol. The van der Waals surface area contributed by atoms with Crippen LogP contribution in [0.25, 0.3) is 0 Å². The predicted molar refractivity (Wildman–Crippen MR) is 132 cm³/mol. The van der Waals surface area contributed by atoms with Gasteiger partial charge in [0, 0.05) is 72.7 Å². The molecule has 1 heterocycles. The number of nitrogens with one attached hydrogen (secondary N) is 1. The number of carbonyl (C=O) groups is 4. The van der Waals surface area contributed by atoms with Crippen LogP contribution in [0.2, 0.25) is 0 Å². The molecule has 7 heteroatoms. The van der Waals surface area contributed by atoms with Crippen molar-refractivity contribution in [2.24, 2.45) is 0 Å². The zero-order valence-electron chi connectivity index (χ0n) is 19.9. The number of allylic oxidation sites excluding steroid dienone is 4. The topological polar surface area (TPSA) is 86.8 Å². The summed E-state index contributed by atoms with van der Waals surface area (Å²) >= 11 is 0. The van der Waals surface area contributed by atoms with Crippen molar-refractivity contribution in [2.75, 3.05) is 39.3 Å². The highest BCUT2D eigenvalue weighted by atomic mass is 16.1. The number of nitrogens with zero attached hydrogens (tertiary/aromatic N) is 2. The second-order valence-corrected chi connectivity index (χ2v) is 9.14. The first-order chi connectivity index (χ1) is 16.9. The largest absolute Gasteiger partial charge is 0.380 e. The Morgan fingerprint density at radius 3 is 1.71 bits per heavy atom. The lowest BCUT2D eigenvalue weighted by atomic mass is 9.87. The number of hydrogen-bond donors (Lipinski definition) is 1. The lowest BCUT2D eigenvalue weighted by Crippen LogP contribution is -2.49. The minimum absolute atomic E-state index is 0.0845. The fraction of sp³-hybridized carbons (Fsp3) is 0.286. The van der Waals surface area contributed by atoms with Crippen LogP contribution in [0.1, 0.15) is 55.3 Å². The highest BCUT2D eigenvalue weighted by Gasteiger charge is 2.34. The third-order valence-corrected chi connectivity index (χ3v) is 7.10. The van der Waals surface area contributed by atoms with Crippen LogP contribution in [-0.4, -0.2) is 72.2 Å². The SMILES string of the molecule is CC1=C(NCCN2CCN(C3=C(C)C(=O)c4ccccc4C3=O)CC2)C(=O)c2ccccc2C1=O. The van der Waals surface area contributed by atoms with Crippen molar-refractivity contribution in [3.05, 3.63) is 93.3 Å². The molecule has 0 atom stereocenters. The van der Waals surface area contributed by atoms with E-state index in [9.17, 15) is 19.2 Å². The molecule has 2 aromatic carbocycles. The van der Waals surface area contributed by atoms with Gasteiger partial charge in [-0.15, -0.1) is 0 Å². The molecule has 0 saturated carbocycles. The zero-order valence-corrected chi connectivity index (χ0v) is 19.9. The number of benzene rings is 2. The second-order valence-electron chi connectivity index (χ2n) is 9.14. The van der Waals surface area contributed by atoms with Gasteiger partial charge in [0.05, 0.1) is 11.4 Å². The summed E-state index contributed by atoms with van der Waals surface area (Å²) in [6.45, 7) is 7.39. The standard InChI is InChI=1S/C28H27N3O4/c1-17-23(27(34)21-9-5-3-7-19(21)25(17)32)29-11-12-30-13-15-31(16-14-30)24-18(2)26(33)20-8-4-6-10-22(20)28(24)35/h3-10,29H,11-16H2,1-2H3. The normalized spacial score (nSPS) is 18.7. The highest BCUT2D eigenvalue weighted by molar-refractivity contribution is 6.27. The Morgan fingerprint density at radius 2 is 1.14 bits per heavy atom. The van der Waals surface area contributed by atoms with E-state index in [0.717, 1.165) is 13.1 Å². The molecule has 0 radical (unpaired) electrons. The first-order valence-corrected chi connectivity index (χ1v) is 11.9. The zero-order chi connectivity index (χ0) is 24.7. The molecule has 0 spiro atoms. The summed E-state index contributed by atoms with van der Waals surface area (Å²) in [4.78, 5) is 55.8. The lowest BCUT2D eigenvalue weighted by molar-refractivity contribution is 0.0905. The number of piperazine rings is 1. The Bertz CT molecular complexity index is 1330. The monoisotopic (exact) mass is 469 g/mol. The fourth-order valence-corrected chi connectivity index (χ4v) is 5.11. The first kappa shape index (κ1) is 22.9. The van der Waals surface area contributed by atoms with Crippen LogP contribution in [0.15, 0.2) is 71.1 Å². The average Bonchev–Trinajstić information content (AvgIpc) is 2.89. The summed E-state index contributed by atoms with van der Waals surface area (Å²) in [5.74, 6) is -0.436. The Labute approximate surface area is 204 Å². The van der Waals surface area contributed by atoms with E-state index in [1.807, 2.05) is 4.90 Å². The molecule has 0 aromatic heterocycles. The van der Waals surface area contributed by atoms with Crippen molar-refractivity contribution in [3.63, 3.8) is 0 Å². The molecule has 5 rings (SSSR count). The van der Waals surface area contributed by atoms with Crippen molar-refractivity contribution >= 4 is 23.1 Å². The number of rotatable bonds is 5. The van der Waals surface area contributed by atoms with E-state index in [0.29, 0.717) is 71.0 Å². The molecule has 35 heavy (non-hydrogen) atoms. The van der Waals surface area contributed by atoms with E-state index >= 15 is 0 Å². The summed E-state index contributed by atoms with van der Waals surface area (Å²) in [5.41, 5.74) is 3.69. The minimum atomic E-state index is -0.148. The van der Waals surface area contributed by atoms with Crippen molar-refractivity contribution in [1.29, 1.82) is 0 Å². The van der Waals surface area contributed by atoms with E-state index in [-0.39, 0.29) is 23.1 Å². The van der Waals surface area contributed by atoms with Gasteiger partial charge in [-0.2, -0.15) is 0 Å². The highest BCUT2D eigenvalue weighted by Crippen LogP contribution is 2.29. The van der Waals surface area contributed by atoms with E-state index in [2.05, 4.69) is 10.2 Å². The molecule has 7 nitrogen and oxygen atoms in total. The van der Waals surface area contributed by atoms with Crippen LogP contribution in [-0.2, 0) is 0 Å². The molecule has 1 N–H and O–H groups in total. The van der Waals surface area contributed by atoms with E-state index in [1.54, 1.807) is 62.4 Å². The summed E-state index contributed by atoms with van der Waals surface area (Å²) in [5, 5.41) is 3.19. The molecule has 1 saturated heterocycles. The number of carbonyl (C=O) groups excluding carboxylic acids is 4. The molecule has 0 unspecified atom stereocenters. The molecule has 0 amide bonds. The number of ketones is 4. The van der Waals surface area contributed by atoms with Crippen LogP contribution in [0.4, 0.5) is 0 Å². The van der Waals surface area contributed by atoms with Crippen LogP contribution in [0.3, 0.4) is 0 Å². The summed E-state index contributed by atoms with van der Waals surface area (Å²) in [7, 11) is 0. The van der Waals surface area contributed by atoms with Crippen molar-refractivity contribution in [1.82, 2.24) is 15.1 Å². The van der Waals surface area contributed by atoms with Gasteiger partial charge in [0.2, 0.25) is 11.6 Å². The Kier molecular flexibility index (Phi) is 5.94. The summed E-state index contributed by atoms with van der Waals surface area (Å²) < 4.78 is 0. The maximum Gasteiger partial charge on any atom is 0.210 e. The Balaban J connectivity index is 1.20. The maximum absolute atomic E-state index is 13.1. The van der Waals surface area contributed by atoms with Crippen molar-refractivity contribution < 1.29 is 19.2 Å². The van der Waals surface area contributed by atoms with Crippen LogP contribution in [0, 0.1) is 0 Å². The first-order valence-electron chi connectivity index (χ1n) is 11.9. The predicted octanol–water partition coefficient (Wildman–Crippen LogP) is 2.90. The molecule has 1 aliphatic heterocycles. The molecule has 3 aliphatic rings. The van der Waals surface area contributed by atoms with Gasteiger partial charge in [-0.05, 0) is 13.8 Å². The van der Waals surface area contributed by atoms with Gasteiger partial charge in [0.15, 0.2) is 11.6 Å². The van der Waals surface area contributed by atoms with Crippen molar-refractivity contribution in [2.45, 2.75) is 13.8 Å². The van der Waals surface area contributed by atoms with Gasteiger partial charge >= 0.3 is 0 Å². The molecule has 0 bridgehead atoms. The maximum atomic E-state index is 13.1.